The van der Waals surface area contributed by atoms with E-state index < -0.39 is 0 Å². The summed E-state index contributed by atoms with van der Waals surface area (Å²) < 4.78 is 16.9. The molecule has 0 radical (unpaired) electrons. The summed E-state index contributed by atoms with van der Waals surface area (Å²) in [7, 11) is 0. The maximum Gasteiger partial charge on any atom is 0.254 e. The number of ether oxygens (including phenoxy) is 1. The molecular formula is C25H23ClN4O4. The Balaban J connectivity index is 1.30. The van der Waals surface area contributed by atoms with E-state index in [1.165, 1.54) is 0 Å². The first-order valence-corrected chi connectivity index (χ1v) is 11.4. The highest BCUT2D eigenvalue weighted by Crippen LogP contribution is 2.31. The fraction of sp³-hybridized carbons (Fsp3) is 0.280. The van der Waals surface area contributed by atoms with Crippen molar-refractivity contribution in [1.29, 1.82) is 0 Å². The molecule has 9 heteroatoms. The SMILES string of the molecule is Cc1noc(C)c1COc1cccc(C(=O)N(Cc2nnc(-c3ccc(Cl)cc3)o2)C2CC2)c1. The highest BCUT2D eigenvalue weighted by Gasteiger charge is 2.34. The number of halogens is 1. The quantitative estimate of drug-likeness (QED) is 0.335. The standard InChI is InChI=1S/C25H23ClN4O4/c1-15-22(16(2)34-29-15)14-32-21-5-3-4-18(12-21)25(31)30(20-10-11-20)13-23-27-28-24(33-23)17-6-8-19(26)9-7-17/h3-9,12,20H,10-11,13-14H2,1-2H3. The third-order valence-electron chi connectivity index (χ3n) is 5.76. The van der Waals surface area contributed by atoms with Crippen LogP contribution in [0.5, 0.6) is 5.75 Å². The summed E-state index contributed by atoms with van der Waals surface area (Å²) in [4.78, 5) is 15.2. The molecule has 5 rings (SSSR count). The lowest BCUT2D eigenvalue weighted by atomic mass is 10.1. The third-order valence-corrected chi connectivity index (χ3v) is 6.01. The molecule has 34 heavy (non-hydrogen) atoms. The van der Waals surface area contributed by atoms with Crippen LogP contribution in [0, 0.1) is 13.8 Å². The molecule has 1 aliphatic rings. The van der Waals surface area contributed by atoms with Gasteiger partial charge < -0.3 is 18.6 Å². The monoisotopic (exact) mass is 478 g/mol. The second-order valence-electron chi connectivity index (χ2n) is 8.29. The van der Waals surface area contributed by atoms with Crippen LogP contribution in [0.15, 0.2) is 57.5 Å². The van der Waals surface area contributed by atoms with Crippen molar-refractivity contribution in [2.45, 2.75) is 45.9 Å². The molecule has 0 bridgehead atoms. The number of carbonyl (C=O) groups is 1. The van der Waals surface area contributed by atoms with Gasteiger partial charge in [-0.1, -0.05) is 22.8 Å². The number of aromatic nitrogens is 3. The van der Waals surface area contributed by atoms with Gasteiger partial charge in [-0.2, -0.15) is 0 Å². The van der Waals surface area contributed by atoms with Crippen molar-refractivity contribution in [2.75, 3.05) is 0 Å². The lowest BCUT2D eigenvalue weighted by Crippen LogP contribution is -2.32. The van der Waals surface area contributed by atoms with Gasteiger partial charge in [-0.05, 0) is 69.2 Å². The number of benzene rings is 2. The number of carbonyl (C=O) groups excluding carboxylic acids is 1. The average molecular weight is 479 g/mol. The fourth-order valence-corrected chi connectivity index (χ4v) is 3.80. The smallest absolute Gasteiger partial charge is 0.254 e. The van der Waals surface area contributed by atoms with Crippen molar-refractivity contribution in [3.05, 3.63) is 82.0 Å². The molecule has 0 atom stereocenters. The molecule has 1 amide bonds. The van der Waals surface area contributed by atoms with Gasteiger partial charge in [0.25, 0.3) is 5.91 Å². The van der Waals surface area contributed by atoms with E-state index in [1.54, 1.807) is 29.2 Å². The highest BCUT2D eigenvalue weighted by atomic mass is 35.5. The second kappa shape index (κ2) is 9.30. The summed E-state index contributed by atoms with van der Waals surface area (Å²) >= 11 is 5.95. The van der Waals surface area contributed by atoms with Crippen molar-refractivity contribution < 1.29 is 18.5 Å². The largest absolute Gasteiger partial charge is 0.489 e. The van der Waals surface area contributed by atoms with Gasteiger partial charge in [-0.25, -0.2) is 0 Å². The Kier molecular flexibility index (Phi) is 6.06. The lowest BCUT2D eigenvalue weighted by molar-refractivity contribution is 0.0714. The predicted octanol–water partition coefficient (Wildman–Crippen LogP) is 5.38. The summed E-state index contributed by atoms with van der Waals surface area (Å²) in [5.74, 6) is 2.00. The van der Waals surface area contributed by atoms with Gasteiger partial charge in [0.2, 0.25) is 11.8 Å². The fourth-order valence-electron chi connectivity index (χ4n) is 3.67. The minimum atomic E-state index is -0.100. The minimum absolute atomic E-state index is 0.100. The molecule has 0 aliphatic heterocycles. The minimum Gasteiger partial charge on any atom is -0.489 e. The molecule has 0 N–H and O–H groups in total. The number of rotatable bonds is 8. The van der Waals surface area contributed by atoms with Crippen LogP contribution in [-0.2, 0) is 13.2 Å². The Morgan fingerprint density at radius 2 is 1.94 bits per heavy atom. The van der Waals surface area contributed by atoms with Gasteiger partial charge in [-0.15, -0.1) is 10.2 Å². The molecule has 1 saturated carbocycles. The Morgan fingerprint density at radius 3 is 2.65 bits per heavy atom. The van der Waals surface area contributed by atoms with Crippen molar-refractivity contribution in [2.24, 2.45) is 0 Å². The molecule has 1 fully saturated rings. The van der Waals surface area contributed by atoms with E-state index >= 15 is 0 Å². The van der Waals surface area contributed by atoms with Gasteiger partial charge >= 0.3 is 0 Å². The van der Waals surface area contributed by atoms with Gasteiger partial charge in [0.05, 0.1) is 17.8 Å². The normalized spacial score (nSPS) is 13.1. The summed E-state index contributed by atoms with van der Waals surface area (Å²) in [6.07, 6.45) is 1.90. The van der Waals surface area contributed by atoms with E-state index in [4.69, 9.17) is 25.3 Å². The maximum absolute atomic E-state index is 13.4. The van der Waals surface area contributed by atoms with Crippen molar-refractivity contribution in [3.63, 3.8) is 0 Å². The Morgan fingerprint density at radius 1 is 1.15 bits per heavy atom. The number of aryl methyl sites for hydroxylation is 2. The van der Waals surface area contributed by atoms with Crippen LogP contribution in [0.4, 0.5) is 0 Å². The third kappa shape index (κ3) is 4.82. The zero-order valence-electron chi connectivity index (χ0n) is 18.8. The Labute approximate surface area is 201 Å². The van der Waals surface area contributed by atoms with Crippen LogP contribution in [0.2, 0.25) is 5.02 Å². The summed E-state index contributed by atoms with van der Waals surface area (Å²) in [6.45, 7) is 4.29. The molecule has 2 aromatic heterocycles. The topological polar surface area (TPSA) is 94.5 Å². The zero-order chi connectivity index (χ0) is 23.7. The van der Waals surface area contributed by atoms with E-state index in [-0.39, 0.29) is 18.5 Å². The Hall–Kier alpha value is -3.65. The van der Waals surface area contributed by atoms with Crippen LogP contribution in [-0.4, -0.2) is 32.2 Å². The highest BCUT2D eigenvalue weighted by molar-refractivity contribution is 6.30. The first-order valence-electron chi connectivity index (χ1n) is 11.0. The van der Waals surface area contributed by atoms with E-state index in [9.17, 15) is 4.79 Å². The van der Waals surface area contributed by atoms with Gasteiger partial charge in [0, 0.05) is 22.2 Å². The lowest BCUT2D eigenvalue weighted by Gasteiger charge is -2.21. The predicted molar refractivity (Wildman–Crippen MR) is 124 cm³/mol. The first-order chi connectivity index (χ1) is 16.5. The first kappa shape index (κ1) is 22.2. The zero-order valence-corrected chi connectivity index (χ0v) is 19.6. The second-order valence-corrected chi connectivity index (χ2v) is 8.73. The summed E-state index contributed by atoms with van der Waals surface area (Å²) in [5, 5.41) is 12.9. The summed E-state index contributed by atoms with van der Waals surface area (Å²) in [6, 6.07) is 14.5. The summed E-state index contributed by atoms with van der Waals surface area (Å²) in [5.41, 5.74) is 3.02. The van der Waals surface area contributed by atoms with Crippen LogP contribution in [0.3, 0.4) is 0 Å². The molecule has 174 valence electrons. The van der Waals surface area contributed by atoms with Gasteiger partial charge in [-0.3, -0.25) is 4.79 Å². The molecule has 2 aromatic carbocycles. The van der Waals surface area contributed by atoms with Crippen LogP contribution in [0.1, 0.15) is 46.1 Å². The van der Waals surface area contributed by atoms with Crippen LogP contribution in [0.25, 0.3) is 11.5 Å². The van der Waals surface area contributed by atoms with Gasteiger partial charge in [0.15, 0.2) is 0 Å². The van der Waals surface area contributed by atoms with Gasteiger partial charge in [0.1, 0.15) is 18.1 Å². The van der Waals surface area contributed by atoms with E-state index in [0.717, 1.165) is 35.4 Å². The van der Waals surface area contributed by atoms with Crippen LogP contribution < -0.4 is 4.74 Å². The number of hydrogen-bond donors (Lipinski definition) is 0. The molecule has 1 aliphatic carbocycles. The van der Waals surface area contributed by atoms with Crippen molar-refractivity contribution >= 4 is 17.5 Å². The Bertz CT molecular complexity index is 1290. The number of hydrogen-bond acceptors (Lipinski definition) is 7. The van der Waals surface area contributed by atoms with Crippen molar-refractivity contribution in [1.82, 2.24) is 20.3 Å². The van der Waals surface area contributed by atoms with Crippen molar-refractivity contribution in [3.8, 4) is 17.2 Å². The van der Waals surface area contributed by atoms with Crippen LogP contribution >= 0.6 is 11.6 Å². The maximum atomic E-state index is 13.4. The van der Waals surface area contributed by atoms with E-state index in [1.807, 2.05) is 38.1 Å². The molecule has 0 unspecified atom stereocenters. The van der Waals surface area contributed by atoms with E-state index in [2.05, 4.69) is 15.4 Å². The molecule has 0 spiro atoms. The van der Waals surface area contributed by atoms with E-state index in [0.29, 0.717) is 34.7 Å². The number of amides is 1. The molecule has 8 nitrogen and oxygen atoms in total. The molecule has 4 aromatic rings. The molecule has 0 saturated heterocycles. The molecular weight excluding hydrogens is 456 g/mol. The average Bonchev–Trinajstić information content (AvgIpc) is 3.50. The number of nitrogens with zero attached hydrogens (tertiary/aromatic N) is 4. The molecule has 2 heterocycles.